The van der Waals surface area contributed by atoms with Crippen LogP contribution in [0.5, 0.6) is 0 Å². The highest BCUT2D eigenvalue weighted by atomic mass is 16.3. The molecule has 8 nitrogen and oxygen atoms in total. The molecule has 118 valence electrons. The summed E-state index contributed by atoms with van der Waals surface area (Å²) in [4.78, 5) is 12.4. The number of rotatable bonds is 4. The zero-order valence-electron chi connectivity index (χ0n) is 12.0. The minimum Gasteiger partial charge on any atom is -0.396 e. The number of nitrogens with zero attached hydrogens (tertiary/aromatic N) is 4. The lowest BCUT2D eigenvalue weighted by atomic mass is 9.76. The Morgan fingerprint density at radius 2 is 2.00 bits per heavy atom. The Kier molecular flexibility index (Phi) is 4.06. The van der Waals surface area contributed by atoms with Crippen LogP contribution in [0.1, 0.15) is 12.5 Å². The molecule has 0 spiro atoms. The van der Waals surface area contributed by atoms with E-state index >= 15 is 0 Å². The zero-order chi connectivity index (χ0) is 15.7. The van der Waals surface area contributed by atoms with Crippen LogP contribution in [0.2, 0.25) is 0 Å². The summed E-state index contributed by atoms with van der Waals surface area (Å²) in [6.45, 7) is -0.348. The van der Waals surface area contributed by atoms with Crippen LogP contribution >= 0.6 is 0 Å². The summed E-state index contributed by atoms with van der Waals surface area (Å²) < 4.78 is 1.86. The normalized spacial score (nSPS) is 25.4. The second-order valence-corrected chi connectivity index (χ2v) is 5.46. The van der Waals surface area contributed by atoms with Gasteiger partial charge in [-0.1, -0.05) is 6.08 Å². The molecule has 5 N–H and O–H groups in total. The van der Waals surface area contributed by atoms with E-state index in [0.717, 1.165) is 5.57 Å². The van der Waals surface area contributed by atoms with Gasteiger partial charge in [-0.2, -0.15) is 0 Å². The Morgan fingerprint density at radius 3 is 2.68 bits per heavy atom. The number of hydrogen-bond donors (Lipinski definition) is 4. The number of imidazole rings is 1. The van der Waals surface area contributed by atoms with Crippen LogP contribution in [0.15, 0.2) is 24.3 Å². The average Bonchev–Trinajstić information content (AvgIpc) is 2.98. The molecule has 1 aliphatic rings. The summed E-state index contributed by atoms with van der Waals surface area (Å²) in [5.41, 5.74) is 7.69. The highest BCUT2D eigenvalue weighted by molar-refractivity contribution is 5.81. The molecule has 0 saturated heterocycles. The molecule has 0 amide bonds. The SMILES string of the molecule is Nc1ncnc2c1ncn2[C@@H]1CC=C(CO)[C@H](CO)[C@@H]1CO. The van der Waals surface area contributed by atoms with E-state index in [4.69, 9.17) is 5.73 Å². The van der Waals surface area contributed by atoms with Gasteiger partial charge in [-0.3, -0.25) is 0 Å². The summed E-state index contributed by atoms with van der Waals surface area (Å²) in [7, 11) is 0. The number of fused-ring (bicyclic) bond motifs is 1. The molecule has 0 unspecified atom stereocenters. The lowest BCUT2D eigenvalue weighted by Gasteiger charge is -2.37. The molecule has 2 aromatic heterocycles. The Balaban J connectivity index is 2.06. The Morgan fingerprint density at radius 1 is 1.18 bits per heavy atom. The molecule has 3 atom stereocenters. The monoisotopic (exact) mass is 305 g/mol. The predicted molar refractivity (Wildman–Crippen MR) is 79.7 cm³/mol. The van der Waals surface area contributed by atoms with E-state index in [-0.39, 0.29) is 37.7 Å². The highest BCUT2D eigenvalue weighted by Crippen LogP contribution is 2.38. The van der Waals surface area contributed by atoms with Crippen LogP contribution in [0.3, 0.4) is 0 Å². The lowest BCUT2D eigenvalue weighted by Crippen LogP contribution is -2.36. The topological polar surface area (TPSA) is 130 Å². The maximum absolute atomic E-state index is 9.79. The van der Waals surface area contributed by atoms with Crippen LogP contribution in [0.25, 0.3) is 11.2 Å². The number of aromatic nitrogens is 4. The van der Waals surface area contributed by atoms with E-state index < -0.39 is 0 Å². The molecule has 8 heteroatoms. The van der Waals surface area contributed by atoms with E-state index in [0.29, 0.717) is 23.4 Å². The number of allylic oxidation sites excluding steroid dienone is 1. The van der Waals surface area contributed by atoms with Gasteiger partial charge in [0.2, 0.25) is 0 Å². The molecule has 2 aromatic rings. The molecule has 0 aliphatic heterocycles. The fourth-order valence-electron chi connectivity index (χ4n) is 3.26. The van der Waals surface area contributed by atoms with Crippen LogP contribution < -0.4 is 5.73 Å². The van der Waals surface area contributed by atoms with Gasteiger partial charge in [0.1, 0.15) is 11.8 Å². The van der Waals surface area contributed by atoms with Crippen molar-refractivity contribution >= 4 is 17.0 Å². The number of aliphatic hydroxyl groups excluding tert-OH is 3. The fourth-order valence-corrected chi connectivity index (χ4v) is 3.26. The lowest BCUT2D eigenvalue weighted by molar-refractivity contribution is 0.0867. The largest absolute Gasteiger partial charge is 0.396 e. The number of hydrogen-bond acceptors (Lipinski definition) is 7. The van der Waals surface area contributed by atoms with E-state index in [1.165, 1.54) is 6.33 Å². The molecule has 22 heavy (non-hydrogen) atoms. The first-order chi connectivity index (χ1) is 10.7. The van der Waals surface area contributed by atoms with E-state index in [9.17, 15) is 15.3 Å². The summed E-state index contributed by atoms with van der Waals surface area (Å²) in [6.07, 6.45) is 5.54. The summed E-state index contributed by atoms with van der Waals surface area (Å²) in [5.74, 6) is -0.207. The van der Waals surface area contributed by atoms with Crippen LogP contribution in [-0.2, 0) is 0 Å². The summed E-state index contributed by atoms with van der Waals surface area (Å²) in [6, 6.07) is -0.114. The Bertz CT molecular complexity index is 699. The number of nitrogens with two attached hydrogens (primary N) is 1. The minimum absolute atomic E-state index is 0.104. The number of anilines is 1. The first-order valence-electron chi connectivity index (χ1n) is 7.15. The third-order valence-electron chi connectivity index (χ3n) is 4.44. The Labute approximate surface area is 127 Å². The number of aliphatic hydroxyl groups is 3. The summed E-state index contributed by atoms with van der Waals surface area (Å²) >= 11 is 0. The second-order valence-electron chi connectivity index (χ2n) is 5.46. The molecule has 0 saturated carbocycles. The minimum atomic E-state index is -0.287. The molecule has 0 fully saturated rings. The molecular weight excluding hydrogens is 286 g/mol. The van der Waals surface area contributed by atoms with Crippen molar-refractivity contribution < 1.29 is 15.3 Å². The second kappa shape index (κ2) is 5.99. The van der Waals surface area contributed by atoms with E-state index in [1.807, 2.05) is 10.6 Å². The maximum atomic E-state index is 9.79. The predicted octanol–water partition coefficient (Wildman–Crippen LogP) is -0.511. The third-order valence-corrected chi connectivity index (χ3v) is 4.44. The van der Waals surface area contributed by atoms with Crippen molar-refractivity contribution in [2.45, 2.75) is 12.5 Å². The third kappa shape index (κ3) is 2.25. The molecular formula is C14H19N5O3. The molecule has 0 aromatic carbocycles. The van der Waals surface area contributed by atoms with Gasteiger partial charge in [-0.15, -0.1) is 0 Å². The van der Waals surface area contributed by atoms with E-state index in [2.05, 4.69) is 15.0 Å². The van der Waals surface area contributed by atoms with Crippen LogP contribution in [0, 0.1) is 11.8 Å². The van der Waals surface area contributed by atoms with Gasteiger partial charge in [0.05, 0.1) is 19.5 Å². The van der Waals surface area contributed by atoms with Gasteiger partial charge >= 0.3 is 0 Å². The standard InChI is InChI=1S/C14H19N5O3/c15-13-12-14(17-6-16-13)19(7-18-12)11-2-1-8(3-20)9(4-21)10(11)5-22/h1,6-7,9-11,20-22H,2-5H2,(H2,15,16,17)/t9-,10-,11+/m0/s1. The quantitative estimate of drug-likeness (QED) is 0.559. The van der Waals surface area contributed by atoms with Crippen molar-refractivity contribution in [3.8, 4) is 0 Å². The molecule has 0 bridgehead atoms. The van der Waals surface area contributed by atoms with Crippen LogP contribution in [0.4, 0.5) is 5.82 Å². The van der Waals surface area contributed by atoms with Gasteiger partial charge in [0.15, 0.2) is 11.5 Å². The van der Waals surface area contributed by atoms with Gasteiger partial charge in [-0.25, -0.2) is 15.0 Å². The van der Waals surface area contributed by atoms with Gasteiger partial charge in [0.25, 0.3) is 0 Å². The van der Waals surface area contributed by atoms with Crippen molar-refractivity contribution in [3.63, 3.8) is 0 Å². The first kappa shape index (κ1) is 14.9. The van der Waals surface area contributed by atoms with Crippen molar-refractivity contribution in [3.05, 3.63) is 24.3 Å². The number of nitrogen functional groups attached to an aromatic ring is 1. The summed E-state index contributed by atoms with van der Waals surface area (Å²) in [5, 5.41) is 28.8. The fraction of sp³-hybridized carbons (Fsp3) is 0.500. The van der Waals surface area contributed by atoms with E-state index in [1.54, 1.807) is 6.33 Å². The first-order valence-corrected chi connectivity index (χ1v) is 7.15. The van der Waals surface area contributed by atoms with Gasteiger partial charge in [-0.05, 0) is 12.0 Å². The van der Waals surface area contributed by atoms with Crippen molar-refractivity contribution in [2.24, 2.45) is 11.8 Å². The van der Waals surface area contributed by atoms with Crippen molar-refractivity contribution in [1.82, 2.24) is 19.5 Å². The van der Waals surface area contributed by atoms with Crippen molar-refractivity contribution in [1.29, 1.82) is 0 Å². The maximum Gasteiger partial charge on any atom is 0.165 e. The highest BCUT2D eigenvalue weighted by Gasteiger charge is 2.35. The molecule has 1 aliphatic carbocycles. The average molecular weight is 305 g/mol. The van der Waals surface area contributed by atoms with Gasteiger partial charge < -0.3 is 25.6 Å². The van der Waals surface area contributed by atoms with Gasteiger partial charge in [0, 0.05) is 24.5 Å². The molecule has 0 radical (unpaired) electrons. The smallest absolute Gasteiger partial charge is 0.165 e. The Hall–Kier alpha value is -2.03. The molecule has 3 rings (SSSR count). The zero-order valence-corrected chi connectivity index (χ0v) is 12.0. The molecule has 2 heterocycles. The van der Waals surface area contributed by atoms with Crippen LogP contribution in [-0.4, -0.2) is 54.7 Å². The van der Waals surface area contributed by atoms with Crippen molar-refractivity contribution in [2.75, 3.05) is 25.6 Å².